The molecule has 0 spiro atoms. The fourth-order valence-electron chi connectivity index (χ4n) is 1.81. The van der Waals surface area contributed by atoms with E-state index < -0.39 is 0 Å². The second kappa shape index (κ2) is 5.31. The summed E-state index contributed by atoms with van der Waals surface area (Å²) in [7, 11) is 1.38. The summed E-state index contributed by atoms with van der Waals surface area (Å²) in [4.78, 5) is 16.7. The maximum absolute atomic E-state index is 11.5. The van der Waals surface area contributed by atoms with Crippen LogP contribution in [-0.4, -0.2) is 18.1 Å². The highest BCUT2D eigenvalue weighted by atomic mass is 32.1. The fraction of sp³-hybridized carbons (Fsp3) is 0.286. The molecular formula is C14H15NO2S. The zero-order valence-electron chi connectivity index (χ0n) is 10.7. The molecule has 1 aromatic heterocycles. The third-order valence-electron chi connectivity index (χ3n) is 2.66. The van der Waals surface area contributed by atoms with Crippen LogP contribution in [0.1, 0.15) is 31.5 Å². The Morgan fingerprint density at radius 1 is 1.39 bits per heavy atom. The minimum atomic E-state index is -0.362. The third kappa shape index (κ3) is 2.76. The number of hydrogen-bond acceptors (Lipinski definition) is 4. The van der Waals surface area contributed by atoms with Gasteiger partial charge in [-0.1, -0.05) is 29.8 Å². The van der Waals surface area contributed by atoms with E-state index in [1.165, 1.54) is 18.2 Å². The second-order valence-corrected chi connectivity index (χ2v) is 5.46. The number of thiazole rings is 1. The first-order valence-corrected chi connectivity index (χ1v) is 6.52. The Morgan fingerprint density at radius 3 is 2.83 bits per heavy atom. The van der Waals surface area contributed by atoms with E-state index in [2.05, 4.69) is 30.1 Å². The molecule has 1 heterocycles. The van der Waals surface area contributed by atoms with Gasteiger partial charge in [-0.05, 0) is 19.4 Å². The van der Waals surface area contributed by atoms with Crippen molar-refractivity contribution in [2.24, 2.45) is 0 Å². The average Bonchev–Trinajstić information content (AvgIpc) is 2.69. The van der Waals surface area contributed by atoms with Gasteiger partial charge >= 0.3 is 5.97 Å². The highest BCUT2D eigenvalue weighted by molar-refractivity contribution is 7.11. The summed E-state index contributed by atoms with van der Waals surface area (Å²) in [5.41, 5.74) is 2.87. The molecule has 0 radical (unpaired) electrons. The summed E-state index contributed by atoms with van der Waals surface area (Å²) in [6, 6.07) is 8.30. The predicted octanol–water partition coefficient (Wildman–Crippen LogP) is 3.14. The number of ether oxygens (including phenoxy) is 1. The van der Waals surface area contributed by atoms with Gasteiger partial charge in [-0.25, -0.2) is 9.78 Å². The first kappa shape index (κ1) is 12.8. The highest BCUT2D eigenvalue weighted by Gasteiger charge is 2.15. The molecule has 0 saturated heterocycles. The standard InChI is InChI=1S/C14H15NO2S/c1-9-5-4-6-11(7-9)8-12-15-13(10(2)18-12)14(16)17-3/h4-7H,8H2,1-3H3. The molecular weight excluding hydrogens is 246 g/mol. The molecule has 0 aliphatic rings. The summed E-state index contributed by atoms with van der Waals surface area (Å²) in [6.45, 7) is 3.96. The van der Waals surface area contributed by atoms with Gasteiger partial charge in [0.05, 0.1) is 12.1 Å². The number of carbonyl (C=O) groups is 1. The van der Waals surface area contributed by atoms with Gasteiger partial charge in [-0.15, -0.1) is 11.3 Å². The van der Waals surface area contributed by atoms with Crippen LogP contribution in [0.2, 0.25) is 0 Å². The van der Waals surface area contributed by atoms with E-state index in [9.17, 15) is 4.79 Å². The summed E-state index contributed by atoms with van der Waals surface area (Å²) < 4.78 is 4.70. The molecule has 0 aliphatic carbocycles. The number of rotatable bonds is 3. The topological polar surface area (TPSA) is 39.2 Å². The molecule has 1 aromatic carbocycles. The van der Waals surface area contributed by atoms with Gasteiger partial charge in [-0.3, -0.25) is 0 Å². The van der Waals surface area contributed by atoms with Crippen molar-refractivity contribution in [2.45, 2.75) is 20.3 Å². The number of methoxy groups -OCH3 is 1. The van der Waals surface area contributed by atoms with Crippen molar-refractivity contribution >= 4 is 17.3 Å². The Hall–Kier alpha value is -1.68. The van der Waals surface area contributed by atoms with Crippen LogP contribution in [0.15, 0.2) is 24.3 Å². The largest absolute Gasteiger partial charge is 0.464 e. The van der Waals surface area contributed by atoms with Crippen LogP contribution in [0.4, 0.5) is 0 Å². The van der Waals surface area contributed by atoms with Crippen LogP contribution in [0.5, 0.6) is 0 Å². The van der Waals surface area contributed by atoms with E-state index in [1.807, 2.05) is 13.0 Å². The molecule has 0 fully saturated rings. The fourth-order valence-corrected chi connectivity index (χ4v) is 2.76. The van der Waals surface area contributed by atoms with Crippen molar-refractivity contribution < 1.29 is 9.53 Å². The zero-order chi connectivity index (χ0) is 13.1. The SMILES string of the molecule is COC(=O)c1nc(Cc2cccc(C)c2)sc1C. The molecule has 0 saturated carbocycles. The Labute approximate surface area is 110 Å². The molecule has 0 bridgehead atoms. The Bertz CT molecular complexity index is 575. The monoisotopic (exact) mass is 261 g/mol. The van der Waals surface area contributed by atoms with Gasteiger partial charge in [0, 0.05) is 11.3 Å². The second-order valence-electron chi connectivity index (χ2n) is 4.17. The van der Waals surface area contributed by atoms with E-state index in [-0.39, 0.29) is 5.97 Å². The van der Waals surface area contributed by atoms with Crippen molar-refractivity contribution in [3.8, 4) is 0 Å². The smallest absolute Gasteiger partial charge is 0.357 e. The molecule has 0 atom stereocenters. The molecule has 0 amide bonds. The van der Waals surface area contributed by atoms with Crippen molar-refractivity contribution in [3.63, 3.8) is 0 Å². The minimum Gasteiger partial charge on any atom is -0.464 e. The lowest BCUT2D eigenvalue weighted by molar-refractivity contribution is 0.0594. The molecule has 0 N–H and O–H groups in total. The summed E-state index contributed by atoms with van der Waals surface area (Å²) in [6.07, 6.45) is 0.754. The maximum Gasteiger partial charge on any atom is 0.357 e. The molecule has 4 heteroatoms. The summed E-state index contributed by atoms with van der Waals surface area (Å²) in [5, 5.41) is 0.943. The average molecular weight is 261 g/mol. The van der Waals surface area contributed by atoms with Gasteiger partial charge < -0.3 is 4.74 Å². The maximum atomic E-state index is 11.5. The molecule has 2 aromatic rings. The number of benzene rings is 1. The summed E-state index contributed by atoms with van der Waals surface area (Å²) in [5.74, 6) is -0.362. The van der Waals surface area contributed by atoms with Gasteiger partial charge in [0.2, 0.25) is 0 Å². The lowest BCUT2D eigenvalue weighted by Gasteiger charge is -1.99. The first-order valence-electron chi connectivity index (χ1n) is 5.70. The molecule has 0 aliphatic heterocycles. The number of hydrogen-bond donors (Lipinski definition) is 0. The number of carbonyl (C=O) groups excluding carboxylic acids is 1. The molecule has 2 rings (SSSR count). The van der Waals surface area contributed by atoms with Crippen LogP contribution in [0.25, 0.3) is 0 Å². The van der Waals surface area contributed by atoms with Crippen molar-refractivity contribution in [3.05, 3.63) is 51.0 Å². The lowest BCUT2D eigenvalue weighted by Crippen LogP contribution is -2.03. The third-order valence-corrected chi connectivity index (χ3v) is 3.63. The van der Waals surface area contributed by atoms with E-state index in [0.29, 0.717) is 5.69 Å². The van der Waals surface area contributed by atoms with Gasteiger partial charge in [0.1, 0.15) is 0 Å². The Balaban J connectivity index is 2.23. The van der Waals surface area contributed by atoms with E-state index in [4.69, 9.17) is 4.74 Å². The van der Waals surface area contributed by atoms with Crippen LogP contribution < -0.4 is 0 Å². The van der Waals surface area contributed by atoms with Crippen molar-refractivity contribution in [1.29, 1.82) is 0 Å². The minimum absolute atomic E-state index is 0.362. The number of nitrogens with zero attached hydrogens (tertiary/aromatic N) is 1. The van der Waals surface area contributed by atoms with Crippen LogP contribution in [0, 0.1) is 13.8 Å². The van der Waals surface area contributed by atoms with Crippen LogP contribution in [-0.2, 0) is 11.2 Å². The zero-order valence-corrected chi connectivity index (χ0v) is 11.5. The van der Waals surface area contributed by atoms with Gasteiger partial charge in [-0.2, -0.15) is 0 Å². The van der Waals surface area contributed by atoms with Crippen molar-refractivity contribution in [1.82, 2.24) is 4.98 Å². The van der Waals surface area contributed by atoms with Gasteiger partial charge in [0.15, 0.2) is 5.69 Å². The first-order chi connectivity index (χ1) is 8.60. The number of esters is 1. The van der Waals surface area contributed by atoms with Crippen LogP contribution >= 0.6 is 11.3 Å². The Kier molecular flexibility index (Phi) is 3.77. The van der Waals surface area contributed by atoms with Gasteiger partial charge in [0.25, 0.3) is 0 Å². The summed E-state index contributed by atoms with van der Waals surface area (Å²) >= 11 is 1.55. The molecule has 0 unspecified atom stereocenters. The normalized spacial score (nSPS) is 10.4. The van der Waals surface area contributed by atoms with E-state index in [0.717, 1.165) is 16.3 Å². The molecule has 3 nitrogen and oxygen atoms in total. The lowest BCUT2D eigenvalue weighted by atomic mass is 10.1. The number of aryl methyl sites for hydroxylation is 2. The predicted molar refractivity (Wildman–Crippen MR) is 72.2 cm³/mol. The number of aromatic nitrogens is 1. The van der Waals surface area contributed by atoms with Crippen LogP contribution in [0.3, 0.4) is 0 Å². The van der Waals surface area contributed by atoms with E-state index in [1.54, 1.807) is 11.3 Å². The van der Waals surface area contributed by atoms with E-state index >= 15 is 0 Å². The van der Waals surface area contributed by atoms with Crippen molar-refractivity contribution in [2.75, 3.05) is 7.11 Å². The molecule has 94 valence electrons. The Morgan fingerprint density at radius 2 is 2.17 bits per heavy atom. The highest BCUT2D eigenvalue weighted by Crippen LogP contribution is 2.21. The quantitative estimate of drug-likeness (QED) is 0.797. The molecule has 18 heavy (non-hydrogen) atoms.